The van der Waals surface area contributed by atoms with Crippen LogP contribution in [0.25, 0.3) is 0 Å². The summed E-state index contributed by atoms with van der Waals surface area (Å²) < 4.78 is 5.24. The average molecular weight is 263 g/mol. The number of nitrogens with zero attached hydrogens (tertiary/aromatic N) is 3. The molecule has 5 heteroatoms. The van der Waals surface area contributed by atoms with Crippen LogP contribution < -0.4 is 0 Å². The highest BCUT2D eigenvalue weighted by Gasteiger charge is 2.41. The third-order valence-electron chi connectivity index (χ3n) is 3.47. The monoisotopic (exact) mass is 263 g/mol. The Morgan fingerprint density at radius 2 is 2.00 bits per heavy atom. The van der Waals surface area contributed by atoms with Crippen LogP contribution in [0.1, 0.15) is 39.5 Å². The van der Waals surface area contributed by atoms with Crippen molar-refractivity contribution in [1.29, 1.82) is 10.5 Å². The Labute approximate surface area is 114 Å². The first kappa shape index (κ1) is 15.5. The molecule has 0 radical (unpaired) electrons. The van der Waals surface area contributed by atoms with Crippen LogP contribution >= 0.6 is 0 Å². The van der Waals surface area contributed by atoms with Gasteiger partial charge < -0.3 is 9.64 Å². The normalized spacial score (nSPS) is 19.6. The van der Waals surface area contributed by atoms with E-state index in [0.717, 1.165) is 12.8 Å². The van der Waals surface area contributed by atoms with Crippen LogP contribution in [0.15, 0.2) is 0 Å². The van der Waals surface area contributed by atoms with Gasteiger partial charge in [0, 0.05) is 6.54 Å². The zero-order chi connectivity index (χ0) is 14.3. The minimum atomic E-state index is -0.930. The molecule has 0 aromatic carbocycles. The van der Waals surface area contributed by atoms with Crippen LogP contribution in [0.3, 0.4) is 0 Å². The molecule has 104 valence electrons. The van der Waals surface area contributed by atoms with Crippen molar-refractivity contribution in [2.24, 2.45) is 5.41 Å². The highest BCUT2D eigenvalue weighted by molar-refractivity contribution is 5.85. The number of hydrogen-bond donors (Lipinski definition) is 0. The maximum Gasteiger partial charge on any atom is 0.243 e. The number of ether oxygens (including phenoxy) is 1. The first-order valence-corrected chi connectivity index (χ1v) is 6.85. The van der Waals surface area contributed by atoms with Crippen LogP contribution in [0, 0.1) is 28.1 Å². The Hall–Kier alpha value is -1.59. The Morgan fingerprint density at radius 3 is 2.47 bits per heavy atom. The molecule has 1 heterocycles. The fraction of sp³-hybridized carbons (Fsp3) is 0.786. The lowest BCUT2D eigenvalue weighted by atomic mass is 9.79. The molecule has 1 atom stereocenters. The Morgan fingerprint density at radius 1 is 1.37 bits per heavy atom. The molecule has 0 saturated carbocycles. The first-order valence-electron chi connectivity index (χ1n) is 6.85. The van der Waals surface area contributed by atoms with E-state index < -0.39 is 11.5 Å². The maximum atomic E-state index is 12.6. The second-order valence-corrected chi connectivity index (χ2v) is 4.93. The molecule has 5 nitrogen and oxygen atoms in total. The first-order chi connectivity index (χ1) is 9.13. The van der Waals surface area contributed by atoms with Gasteiger partial charge in [-0.15, -0.1) is 0 Å². The van der Waals surface area contributed by atoms with E-state index in [1.165, 1.54) is 0 Å². The predicted molar refractivity (Wildman–Crippen MR) is 69.8 cm³/mol. The van der Waals surface area contributed by atoms with Crippen LogP contribution in [0.2, 0.25) is 0 Å². The summed E-state index contributed by atoms with van der Waals surface area (Å²) in [7, 11) is 0. The number of nitriles is 2. The SMILES string of the molecule is CCCC(C#N)(CCC)C(=O)N1CCOC(C#N)C1. The minimum Gasteiger partial charge on any atom is -0.360 e. The summed E-state index contributed by atoms with van der Waals surface area (Å²) in [6, 6.07) is 4.26. The zero-order valence-electron chi connectivity index (χ0n) is 11.7. The van der Waals surface area contributed by atoms with E-state index in [2.05, 4.69) is 6.07 Å². The summed E-state index contributed by atoms with van der Waals surface area (Å²) in [5, 5.41) is 18.3. The Balaban J connectivity index is 2.87. The fourth-order valence-electron chi connectivity index (χ4n) is 2.57. The summed E-state index contributed by atoms with van der Waals surface area (Å²) in [6.07, 6.45) is 2.17. The number of carbonyl (C=O) groups excluding carboxylic acids is 1. The lowest BCUT2D eigenvalue weighted by Crippen LogP contribution is -2.51. The summed E-state index contributed by atoms with van der Waals surface area (Å²) >= 11 is 0. The van der Waals surface area contributed by atoms with Crippen molar-refractivity contribution in [3.8, 4) is 12.1 Å². The van der Waals surface area contributed by atoms with Crippen molar-refractivity contribution < 1.29 is 9.53 Å². The molecule has 0 bridgehead atoms. The number of morpholine rings is 1. The van der Waals surface area contributed by atoms with Crippen LogP contribution in [0.5, 0.6) is 0 Å². The molecule has 1 aliphatic heterocycles. The van der Waals surface area contributed by atoms with Crippen molar-refractivity contribution in [2.75, 3.05) is 19.7 Å². The van der Waals surface area contributed by atoms with E-state index in [4.69, 9.17) is 10.00 Å². The predicted octanol–water partition coefficient (Wildman–Crippen LogP) is 1.85. The summed E-state index contributed by atoms with van der Waals surface area (Å²) in [4.78, 5) is 14.2. The van der Waals surface area contributed by atoms with Crippen molar-refractivity contribution in [2.45, 2.75) is 45.6 Å². The molecule has 1 unspecified atom stereocenters. The third kappa shape index (κ3) is 3.45. The Kier molecular flexibility index (Phi) is 5.79. The quantitative estimate of drug-likeness (QED) is 0.758. The van der Waals surface area contributed by atoms with Gasteiger partial charge in [0.05, 0.1) is 25.3 Å². The second-order valence-electron chi connectivity index (χ2n) is 4.93. The van der Waals surface area contributed by atoms with Gasteiger partial charge in [-0.3, -0.25) is 4.79 Å². The van der Waals surface area contributed by atoms with Gasteiger partial charge in [-0.2, -0.15) is 10.5 Å². The van der Waals surface area contributed by atoms with Gasteiger partial charge >= 0.3 is 0 Å². The van der Waals surface area contributed by atoms with Crippen molar-refractivity contribution in [1.82, 2.24) is 4.90 Å². The van der Waals surface area contributed by atoms with E-state index >= 15 is 0 Å². The number of amides is 1. The number of carbonyl (C=O) groups is 1. The molecule has 1 saturated heterocycles. The molecule has 0 aliphatic carbocycles. The molecule has 1 rings (SSSR count). The second kappa shape index (κ2) is 7.11. The summed E-state index contributed by atoms with van der Waals surface area (Å²) in [5.41, 5.74) is -0.930. The smallest absolute Gasteiger partial charge is 0.243 e. The van der Waals surface area contributed by atoms with Gasteiger partial charge in [0.2, 0.25) is 5.91 Å². The molecule has 0 spiro atoms. The van der Waals surface area contributed by atoms with E-state index in [9.17, 15) is 10.1 Å². The zero-order valence-corrected chi connectivity index (χ0v) is 11.7. The molecular formula is C14H21N3O2. The molecule has 1 fully saturated rings. The van der Waals surface area contributed by atoms with Crippen LogP contribution in [-0.2, 0) is 9.53 Å². The average Bonchev–Trinajstić information content (AvgIpc) is 2.46. The highest BCUT2D eigenvalue weighted by atomic mass is 16.5. The van der Waals surface area contributed by atoms with E-state index in [1.54, 1.807) is 4.90 Å². The van der Waals surface area contributed by atoms with Gasteiger partial charge in [-0.25, -0.2) is 0 Å². The molecule has 19 heavy (non-hydrogen) atoms. The molecular weight excluding hydrogens is 242 g/mol. The summed E-state index contributed by atoms with van der Waals surface area (Å²) in [5.74, 6) is -0.137. The lowest BCUT2D eigenvalue weighted by Gasteiger charge is -2.36. The molecule has 0 aromatic rings. The van der Waals surface area contributed by atoms with E-state index in [0.29, 0.717) is 26.0 Å². The third-order valence-corrected chi connectivity index (χ3v) is 3.47. The largest absolute Gasteiger partial charge is 0.360 e. The number of rotatable bonds is 5. The van der Waals surface area contributed by atoms with Gasteiger partial charge in [0.15, 0.2) is 6.10 Å². The van der Waals surface area contributed by atoms with Gasteiger partial charge in [0.25, 0.3) is 0 Å². The van der Waals surface area contributed by atoms with Gasteiger partial charge in [-0.1, -0.05) is 26.7 Å². The Bertz CT molecular complexity index is 388. The van der Waals surface area contributed by atoms with E-state index in [1.807, 2.05) is 19.9 Å². The highest BCUT2D eigenvalue weighted by Crippen LogP contribution is 2.32. The maximum absolute atomic E-state index is 12.6. The molecule has 1 aliphatic rings. The standard InChI is InChI=1S/C14H21N3O2/c1-3-5-14(11-16,6-4-2)13(18)17-7-8-19-12(9-15)10-17/h12H,3-8,10H2,1-2H3. The van der Waals surface area contributed by atoms with E-state index in [-0.39, 0.29) is 12.5 Å². The van der Waals surface area contributed by atoms with Crippen LogP contribution in [-0.4, -0.2) is 36.6 Å². The molecule has 1 amide bonds. The molecule has 0 aromatic heterocycles. The van der Waals surface area contributed by atoms with Crippen molar-refractivity contribution in [3.05, 3.63) is 0 Å². The fourth-order valence-corrected chi connectivity index (χ4v) is 2.57. The summed E-state index contributed by atoms with van der Waals surface area (Å²) in [6.45, 7) is 5.06. The van der Waals surface area contributed by atoms with Crippen LogP contribution in [0.4, 0.5) is 0 Å². The van der Waals surface area contributed by atoms with Gasteiger partial charge in [-0.05, 0) is 12.8 Å². The van der Waals surface area contributed by atoms with Crippen molar-refractivity contribution in [3.63, 3.8) is 0 Å². The topological polar surface area (TPSA) is 77.1 Å². The number of hydrogen-bond acceptors (Lipinski definition) is 4. The lowest BCUT2D eigenvalue weighted by molar-refractivity contribution is -0.145. The molecule has 0 N–H and O–H groups in total. The van der Waals surface area contributed by atoms with Crippen molar-refractivity contribution >= 4 is 5.91 Å². The van der Waals surface area contributed by atoms with Gasteiger partial charge in [0.1, 0.15) is 5.41 Å². The minimum absolute atomic E-state index is 0.137.